The molecule has 2 N–H and O–H groups in total. The monoisotopic (exact) mass is 520 g/mol. The third kappa shape index (κ3) is 7.64. The van der Waals surface area contributed by atoms with Gasteiger partial charge in [0.1, 0.15) is 24.6 Å². The van der Waals surface area contributed by atoms with Crippen LogP contribution in [-0.4, -0.2) is 71.5 Å². The molecule has 9 nitrogen and oxygen atoms in total. The fourth-order valence-electron chi connectivity index (χ4n) is 3.58. The lowest BCUT2D eigenvalue weighted by molar-refractivity contribution is -0.145. The lowest BCUT2D eigenvalue weighted by Crippen LogP contribution is -2.43. The molecule has 2 aromatic carbocycles. The summed E-state index contributed by atoms with van der Waals surface area (Å²) in [6.07, 6.45) is 1.40. The summed E-state index contributed by atoms with van der Waals surface area (Å²) >= 11 is 5.90. The number of rotatable bonds is 12. The molecule has 0 unspecified atom stereocenters. The Morgan fingerprint density at radius 1 is 1.22 bits per heavy atom. The first-order chi connectivity index (χ1) is 17.1. The van der Waals surface area contributed by atoms with Gasteiger partial charge >= 0.3 is 5.97 Å². The second-order valence-electron chi connectivity index (χ2n) is 8.67. The summed E-state index contributed by atoms with van der Waals surface area (Å²) in [6, 6.07) is 7.75. The van der Waals surface area contributed by atoms with Gasteiger partial charge in [-0.3, -0.25) is 9.69 Å². The fourth-order valence-corrected chi connectivity index (χ4v) is 3.76. The van der Waals surface area contributed by atoms with Crippen molar-refractivity contribution in [3.05, 3.63) is 47.5 Å². The Labute approximate surface area is 214 Å². The number of anilines is 2. The van der Waals surface area contributed by atoms with Crippen molar-refractivity contribution in [3.63, 3.8) is 0 Å². The molecule has 36 heavy (non-hydrogen) atoms. The number of carbonyl (C=O) groups excluding carboxylic acids is 1. The van der Waals surface area contributed by atoms with Crippen LogP contribution in [0.15, 0.2) is 36.7 Å². The first-order valence-electron chi connectivity index (χ1n) is 11.4. The van der Waals surface area contributed by atoms with E-state index in [0.29, 0.717) is 40.5 Å². The number of carbonyl (C=O) groups is 1. The predicted molar refractivity (Wildman–Crippen MR) is 136 cm³/mol. The van der Waals surface area contributed by atoms with Crippen LogP contribution in [0.25, 0.3) is 10.9 Å². The average molecular weight is 521 g/mol. The Morgan fingerprint density at radius 3 is 2.67 bits per heavy atom. The molecule has 0 atom stereocenters. The Morgan fingerprint density at radius 2 is 2.00 bits per heavy atom. The number of nitrogens with one attached hydrogen (secondary N) is 1. The Hall–Kier alpha value is -3.21. The number of hydrogen-bond donors (Lipinski definition) is 2. The quantitative estimate of drug-likeness (QED) is 0.340. The van der Waals surface area contributed by atoms with Crippen LogP contribution in [0.3, 0.4) is 0 Å². The SMILES string of the molecule is CCOC(=O)CN(CCOc1cc2c(Nc3ccc(F)c(Cl)c3)ncnc2cc1OC)CC(C)(C)O. The topological polar surface area (TPSA) is 106 Å². The number of benzene rings is 2. The summed E-state index contributed by atoms with van der Waals surface area (Å²) in [5, 5.41) is 14.0. The van der Waals surface area contributed by atoms with Crippen molar-refractivity contribution in [2.24, 2.45) is 0 Å². The first-order valence-corrected chi connectivity index (χ1v) is 11.8. The van der Waals surface area contributed by atoms with E-state index in [1.165, 1.54) is 25.6 Å². The van der Waals surface area contributed by atoms with Crippen molar-refractivity contribution in [2.75, 3.05) is 45.3 Å². The van der Waals surface area contributed by atoms with Crippen molar-refractivity contribution >= 4 is 40.0 Å². The van der Waals surface area contributed by atoms with Gasteiger partial charge in [0.05, 0.1) is 36.4 Å². The number of aliphatic hydroxyl groups is 1. The van der Waals surface area contributed by atoms with Gasteiger partial charge < -0.3 is 24.6 Å². The molecule has 0 saturated carbocycles. The zero-order valence-corrected chi connectivity index (χ0v) is 21.4. The highest BCUT2D eigenvalue weighted by molar-refractivity contribution is 6.31. The lowest BCUT2D eigenvalue weighted by Gasteiger charge is -2.28. The smallest absolute Gasteiger partial charge is 0.320 e. The highest BCUT2D eigenvalue weighted by Crippen LogP contribution is 2.35. The maximum Gasteiger partial charge on any atom is 0.320 e. The van der Waals surface area contributed by atoms with E-state index in [-0.39, 0.29) is 37.3 Å². The van der Waals surface area contributed by atoms with Crippen LogP contribution in [-0.2, 0) is 9.53 Å². The molecule has 0 amide bonds. The molecule has 3 aromatic rings. The number of fused-ring (bicyclic) bond motifs is 1. The maximum atomic E-state index is 13.5. The fraction of sp³-hybridized carbons (Fsp3) is 0.400. The van der Waals surface area contributed by atoms with Gasteiger partial charge in [-0.2, -0.15) is 0 Å². The number of hydrogen-bond acceptors (Lipinski definition) is 9. The number of esters is 1. The van der Waals surface area contributed by atoms with Crippen LogP contribution in [0.1, 0.15) is 20.8 Å². The number of ether oxygens (including phenoxy) is 3. The van der Waals surface area contributed by atoms with E-state index in [9.17, 15) is 14.3 Å². The van der Waals surface area contributed by atoms with Gasteiger partial charge in [-0.05, 0) is 45.0 Å². The molecule has 1 heterocycles. The maximum absolute atomic E-state index is 13.5. The average Bonchev–Trinajstić information content (AvgIpc) is 2.80. The summed E-state index contributed by atoms with van der Waals surface area (Å²) in [5.74, 6) is 0.493. The van der Waals surface area contributed by atoms with Crippen molar-refractivity contribution in [2.45, 2.75) is 26.4 Å². The second-order valence-corrected chi connectivity index (χ2v) is 9.08. The van der Waals surface area contributed by atoms with E-state index in [2.05, 4.69) is 15.3 Å². The third-order valence-electron chi connectivity index (χ3n) is 5.04. The zero-order chi connectivity index (χ0) is 26.3. The van der Waals surface area contributed by atoms with Crippen LogP contribution < -0.4 is 14.8 Å². The van der Waals surface area contributed by atoms with Gasteiger partial charge in [-0.15, -0.1) is 0 Å². The lowest BCUT2D eigenvalue weighted by atomic mass is 10.1. The van der Waals surface area contributed by atoms with Gasteiger partial charge in [-0.25, -0.2) is 14.4 Å². The van der Waals surface area contributed by atoms with Crippen molar-refractivity contribution in [1.29, 1.82) is 0 Å². The molecule has 0 spiro atoms. The largest absolute Gasteiger partial charge is 0.493 e. The molecule has 0 bridgehead atoms. The Bertz CT molecular complexity index is 1210. The number of methoxy groups -OCH3 is 1. The molecular formula is C25H30ClFN4O5. The molecule has 0 aliphatic rings. The van der Waals surface area contributed by atoms with E-state index in [1.807, 2.05) is 0 Å². The minimum atomic E-state index is -1.01. The van der Waals surface area contributed by atoms with Crippen LogP contribution >= 0.6 is 11.6 Å². The van der Waals surface area contributed by atoms with Crippen molar-refractivity contribution < 1.29 is 28.5 Å². The van der Waals surface area contributed by atoms with Crippen LogP contribution in [0, 0.1) is 5.82 Å². The van der Waals surface area contributed by atoms with Crippen LogP contribution in [0.2, 0.25) is 5.02 Å². The Kier molecular flexibility index (Phi) is 9.25. The number of nitrogens with zero attached hydrogens (tertiary/aromatic N) is 3. The van der Waals surface area contributed by atoms with E-state index < -0.39 is 11.4 Å². The first kappa shape index (κ1) is 27.4. The molecule has 194 valence electrons. The molecule has 11 heteroatoms. The summed E-state index contributed by atoms with van der Waals surface area (Å²) < 4.78 is 30.1. The van der Waals surface area contributed by atoms with Crippen LogP contribution in [0.5, 0.6) is 11.5 Å². The Balaban J connectivity index is 1.80. The standard InChI is InChI=1S/C25H30ClFN4O5/c1-5-35-23(32)13-31(14-25(2,3)33)8-9-36-22-11-17-20(12-21(22)34-4)28-15-29-24(17)30-16-6-7-19(27)18(26)10-16/h6-7,10-12,15,33H,5,8-9,13-14H2,1-4H3,(H,28,29,30). The molecule has 0 saturated heterocycles. The molecule has 0 fully saturated rings. The second kappa shape index (κ2) is 12.2. The zero-order valence-electron chi connectivity index (χ0n) is 20.7. The third-order valence-corrected chi connectivity index (χ3v) is 5.33. The van der Waals surface area contributed by atoms with E-state index in [4.69, 9.17) is 25.8 Å². The summed E-state index contributed by atoms with van der Waals surface area (Å²) in [5.41, 5.74) is 0.158. The van der Waals surface area contributed by atoms with Crippen molar-refractivity contribution in [3.8, 4) is 11.5 Å². The summed E-state index contributed by atoms with van der Waals surface area (Å²) in [6.45, 7) is 6.20. The van der Waals surface area contributed by atoms with Gasteiger partial charge in [0, 0.05) is 30.2 Å². The highest BCUT2D eigenvalue weighted by atomic mass is 35.5. The molecule has 3 rings (SSSR count). The summed E-state index contributed by atoms with van der Waals surface area (Å²) in [7, 11) is 1.52. The van der Waals surface area contributed by atoms with E-state index in [0.717, 1.165) is 0 Å². The molecule has 0 radical (unpaired) electrons. The van der Waals surface area contributed by atoms with E-state index in [1.54, 1.807) is 43.9 Å². The van der Waals surface area contributed by atoms with Gasteiger partial charge in [0.2, 0.25) is 0 Å². The number of halogens is 2. The minimum absolute atomic E-state index is 0.0116. The van der Waals surface area contributed by atoms with Crippen LogP contribution in [0.4, 0.5) is 15.9 Å². The molecule has 0 aliphatic carbocycles. The minimum Gasteiger partial charge on any atom is -0.493 e. The molecule has 1 aromatic heterocycles. The normalized spacial score (nSPS) is 11.6. The highest BCUT2D eigenvalue weighted by Gasteiger charge is 2.21. The number of aromatic nitrogens is 2. The van der Waals surface area contributed by atoms with E-state index >= 15 is 0 Å². The van der Waals surface area contributed by atoms with Gasteiger partial charge in [0.15, 0.2) is 11.5 Å². The molecule has 0 aliphatic heterocycles. The summed E-state index contributed by atoms with van der Waals surface area (Å²) in [4.78, 5) is 22.4. The van der Waals surface area contributed by atoms with Gasteiger partial charge in [-0.1, -0.05) is 11.6 Å². The predicted octanol–water partition coefficient (Wildman–Crippen LogP) is 4.19. The molecular weight excluding hydrogens is 491 g/mol. The van der Waals surface area contributed by atoms with Crippen molar-refractivity contribution in [1.82, 2.24) is 14.9 Å². The van der Waals surface area contributed by atoms with Gasteiger partial charge in [0.25, 0.3) is 0 Å².